The van der Waals surface area contributed by atoms with Gasteiger partial charge in [-0.1, -0.05) is 19.8 Å². The van der Waals surface area contributed by atoms with Gasteiger partial charge in [-0.25, -0.2) is 9.13 Å². The minimum Gasteiger partial charge on any atom is -0.237 e. The van der Waals surface area contributed by atoms with E-state index in [9.17, 15) is 0 Å². The molecule has 1 aromatic heterocycles. The molecule has 80 valence electrons. The molecule has 0 saturated heterocycles. The van der Waals surface area contributed by atoms with E-state index in [1.165, 1.54) is 31.5 Å². The number of rotatable bonds is 5. The van der Waals surface area contributed by atoms with Crippen LogP contribution in [0.5, 0.6) is 0 Å². The molecule has 2 nitrogen and oxygen atoms in total. The molecular weight excluding hydrogens is 172 g/mol. The number of aromatic nitrogens is 2. The first-order chi connectivity index (χ1) is 6.66. The Bertz CT molecular complexity index is 274. The monoisotopic (exact) mass is 195 g/mol. The first kappa shape index (κ1) is 11.3. The van der Waals surface area contributed by atoms with E-state index in [1.54, 1.807) is 0 Å². The summed E-state index contributed by atoms with van der Waals surface area (Å²) in [6, 6.07) is 0.577. The standard InChI is InChI=1S/C12H23N2/c1-5-6-7-8-12-13(4)9-10-14(12)11(2)3/h9-11H,5-8H2,1-4H3/q+1. The van der Waals surface area contributed by atoms with Crippen LogP contribution in [0.25, 0.3) is 0 Å². The summed E-state index contributed by atoms with van der Waals surface area (Å²) in [5, 5.41) is 0. The Hall–Kier alpha value is -0.790. The molecule has 0 atom stereocenters. The zero-order valence-electron chi connectivity index (χ0n) is 9.95. The Morgan fingerprint density at radius 2 is 2.07 bits per heavy atom. The maximum absolute atomic E-state index is 2.37. The highest BCUT2D eigenvalue weighted by molar-refractivity contribution is 4.86. The van der Waals surface area contributed by atoms with E-state index >= 15 is 0 Å². The fraction of sp³-hybridized carbons (Fsp3) is 0.750. The average molecular weight is 195 g/mol. The van der Waals surface area contributed by atoms with Crippen molar-refractivity contribution in [3.63, 3.8) is 0 Å². The van der Waals surface area contributed by atoms with Crippen LogP contribution >= 0.6 is 0 Å². The molecule has 0 amide bonds. The predicted octanol–water partition coefficient (Wildman–Crippen LogP) is 2.63. The molecule has 0 aliphatic carbocycles. The first-order valence-corrected chi connectivity index (χ1v) is 5.72. The maximum Gasteiger partial charge on any atom is 0.256 e. The highest BCUT2D eigenvalue weighted by Gasteiger charge is 2.15. The van der Waals surface area contributed by atoms with Crippen LogP contribution in [-0.2, 0) is 13.5 Å². The van der Waals surface area contributed by atoms with Crippen molar-refractivity contribution in [1.29, 1.82) is 0 Å². The lowest BCUT2D eigenvalue weighted by atomic mass is 10.2. The zero-order valence-corrected chi connectivity index (χ0v) is 9.95. The van der Waals surface area contributed by atoms with Crippen LogP contribution in [0, 0.1) is 0 Å². The molecule has 0 fully saturated rings. The molecular formula is C12H23N2+. The van der Waals surface area contributed by atoms with Crippen molar-refractivity contribution in [2.24, 2.45) is 7.05 Å². The predicted molar refractivity (Wildman–Crippen MR) is 59.2 cm³/mol. The number of imidazole rings is 1. The van der Waals surface area contributed by atoms with Crippen molar-refractivity contribution < 1.29 is 4.57 Å². The Labute approximate surface area is 87.6 Å². The van der Waals surface area contributed by atoms with E-state index in [4.69, 9.17) is 0 Å². The van der Waals surface area contributed by atoms with Crippen LogP contribution in [0.15, 0.2) is 12.4 Å². The van der Waals surface area contributed by atoms with Crippen LogP contribution in [0.1, 0.15) is 51.9 Å². The molecule has 1 heterocycles. The van der Waals surface area contributed by atoms with Gasteiger partial charge < -0.3 is 0 Å². The van der Waals surface area contributed by atoms with Crippen molar-refractivity contribution in [2.75, 3.05) is 0 Å². The first-order valence-electron chi connectivity index (χ1n) is 5.72. The van der Waals surface area contributed by atoms with Gasteiger partial charge in [0.1, 0.15) is 12.4 Å². The van der Waals surface area contributed by atoms with Crippen molar-refractivity contribution in [3.05, 3.63) is 18.2 Å². The molecule has 0 bridgehead atoms. The van der Waals surface area contributed by atoms with E-state index in [0.717, 1.165) is 0 Å². The third kappa shape index (κ3) is 2.60. The molecule has 0 unspecified atom stereocenters. The summed E-state index contributed by atoms with van der Waals surface area (Å²) in [4.78, 5) is 0. The summed E-state index contributed by atoms with van der Waals surface area (Å²) in [6.45, 7) is 6.73. The number of hydrogen-bond acceptors (Lipinski definition) is 0. The zero-order chi connectivity index (χ0) is 10.6. The van der Waals surface area contributed by atoms with Gasteiger partial charge in [0.15, 0.2) is 0 Å². The second kappa shape index (κ2) is 5.18. The van der Waals surface area contributed by atoms with Crippen LogP contribution in [-0.4, -0.2) is 4.57 Å². The number of aryl methyl sites for hydroxylation is 1. The molecule has 0 aliphatic heterocycles. The second-order valence-electron chi connectivity index (χ2n) is 4.28. The van der Waals surface area contributed by atoms with Gasteiger partial charge in [0, 0.05) is 6.42 Å². The summed E-state index contributed by atoms with van der Waals surface area (Å²) in [6.07, 6.45) is 9.49. The van der Waals surface area contributed by atoms with Gasteiger partial charge >= 0.3 is 0 Å². The summed E-state index contributed by atoms with van der Waals surface area (Å²) in [7, 11) is 2.14. The summed E-state index contributed by atoms with van der Waals surface area (Å²) in [5.74, 6) is 1.45. The van der Waals surface area contributed by atoms with Gasteiger partial charge in [-0.3, -0.25) is 0 Å². The molecule has 1 aromatic rings. The third-order valence-electron chi connectivity index (χ3n) is 2.72. The topological polar surface area (TPSA) is 8.81 Å². The molecule has 14 heavy (non-hydrogen) atoms. The highest BCUT2D eigenvalue weighted by atomic mass is 15.1. The van der Waals surface area contributed by atoms with Crippen LogP contribution in [0.3, 0.4) is 0 Å². The Balaban J connectivity index is 2.67. The minimum absolute atomic E-state index is 0.577. The molecule has 0 aromatic carbocycles. The summed E-state index contributed by atoms with van der Waals surface area (Å²) >= 11 is 0. The van der Waals surface area contributed by atoms with Crippen molar-refractivity contribution in [1.82, 2.24) is 4.57 Å². The lowest BCUT2D eigenvalue weighted by Crippen LogP contribution is -2.32. The van der Waals surface area contributed by atoms with Gasteiger partial charge in [-0.2, -0.15) is 0 Å². The van der Waals surface area contributed by atoms with Crippen LogP contribution in [0.4, 0.5) is 0 Å². The average Bonchev–Trinajstić information content (AvgIpc) is 2.48. The Morgan fingerprint density at radius 3 is 2.64 bits per heavy atom. The summed E-state index contributed by atoms with van der Waals surface area (Å²) < 4.78 is 4.62. The fourth-order valence-corrected chi connectivity index (χ4v) is 1.83. The van der Waals surface area contributed by atoms with E-state index in [0.29, 0.717) is 6.04 Å². The van der Waals surface area contributed by atoms with Gasteiger partial charge in [0.2, 0.25) is 0 Å². The van der Waals surface area contributed by atoms with Crippen molar-refractivity contribution in [2.45, 2.75) is 52.5 Å². The Morgan fingerprint density at radius 1 is 1.36 bits per heavy atom. The largest absolute Gasteiger partial charge is 0.256 e. The van der Waals surface area contributed by atoms with E-state index in [2.05, 4.69) is 49.3 Å². The van der Waals surface area contributed by atoms with E-state index < -0.39 is 0 Å². The quantitative estimate of drug-likeness (QED) is 0.504. The molecule has 0 saturated carbocycles. The van der Waals surface area contributed by atoms with Gasteiger partial charge in [-0.05, 0) is 20.3 Å². The fourth-order valence-electron chi connectivity index (χ4n) is 1.83. The van der Waals surface area contributed by atoms with Gasteiger partial charge in [0.25, 0.3) is 5.82 Å². The number of nitrogens with zero attached hydrogens (tertiary/aromatic N) is 2. The second-order valence-corrected chi connectivity index (χ2v) is 4.28. The van der Waals surface area contributed by atoms with E-state index in [-0.39, 0.29) is 0 Å². The smallest absolute Gasteiger partial charge is 0.237 e. The normalized spacial score (nSPS) is 11.2. The number of hydrogen-bond donors (Lipinski definition) is 0. The maximum atomic E-state index is 2.37. The molecule has 2 heteroatoms. The molecule has 0 aliphatic rings. The lowest BCUT2D eigenvalue weighted by Gasteiger charge is -2.05. The SMILES string of the molecule is CCCCCc1n(C(C)C)cc[n+]1C. The van der Waals surface area contributed by atoms with Crippen LogP contribution in [0.2, 0.25) is 0 Å². The summed E-state index contributed by atoms with van der Waals surface area (Å²) in [5.41, 5.74) is 0. The third-order valence-corrected chi connectivity index (χ3v) is 2.72. The molecule has 1 rings (SSSR count). The van der Waals surface area contributed by atoms with Crippen molar-refractivity contribution in [3.8, 4) is 0 Å². The highest BCUT2D eigenvalue weighted by Crippen LogP contribution is 2.09. The van der Waals surface area contributed by atoms with Crippen LogP contribution < -0.4 is 4.57 Å². The molecule has 0 spiro atoms. The van der Waals surface area contributed by atoms with Gasteiger partial charge in [-0.15, -0.1) is 0 Å². The number of unbranched alkanes of at least 4 members (excludes halogenated alkanes) is 2. The van der Waals surface area contributed by atoms with E-state index in [1.807, 2.05) is 0 Å². The Kier molecular flexibility index (Phi) is 4.18. The minimum atomic E-state index is 0.577. The van der Waals surface area contributed by atoms with Gasteiger partial charge in [0.05, 0.1) is 13.1 Å². The molecule has 0 N–H and O–H groups in total. The molecule has 0 radical (unpaired) electrons. The van der Waals surface area contributed by atoms with Crippen molar-refractivity contribution >= 4 is 0 Å². The lowest BCUT2D eigenvalue weighted by molar-refractivity contribution is -0.679.